The van der Waals surface area contributed by atoms with Gasteiger partial charge in [-0.2, -0.15) is 0 Å². The molecular formula is C17H16N2O4. The van der Waals surface area contributed by atoms with Gasteiger partial charge >= 0.3 is 6.03 Å². The lowest BCUT2D eigenvalue weighted by Gasteiger charge is -2.36. The first-order valence-electron chi connectivity index (χ1n) is 7.53. The predicted octanol–water partition coefficient (Wildman–Crippen LogP) is 0.779. The van der Waals surface area contributed by atoms with E-state index in [1.54, 1.807) is 6.20 Å². The van der Waals surface area contributed by atoms with E-state index in [-0.39, 0.29) is 12.6 Å². The smallest absolute Gasteiger partial charge is 0.325 e. The molecule has 118 valence electrons. The van der Waals surface area contributed by atoms with Crippen LogP contribution in [-0.4, -0.2) is 47.3 Å². The zero-order chi connectivity index (χ0) is 15.8. The molecule has 6 heteroatoms. The van der Waals surface area contributed by atoms with Gasteiger partial charge in [0.25, 0.3) is 0 Å². The van der Waals surface area contributed by atoms with Crippen LogP contribution in [0.25, 0.3) is 0 Å². The van der Waals surface area contributed by atoms with Gasteiger partial charge in [-0.25, -0.2) is 4.79 Å². The van der Waals surface area contributed by atoms with E-state index in [9.17, 15) is 9.90 Å². The van der Waals surface area contributed by atoms with Crippen LogP contribution in [0.2, 0.25) is 0 Å². The SMILES string of the molecule is O=C1NC=C(C#Cc2ccccc2)[C@H]2OC[C@H]3O[C@@H](C[C@H]3O)N12. The van der Waals surface area contributed by atoms with E-state index in [1.165, 1.54) is 4.90 Å². The summed E-state index contributed by atoms with van der Waals surface area (Å²) in [7, 11) is 0. The maximum absolute atomic E-state index is 12.2. The predicted molar refractivity (Wildman–Crippen MR) is 80.8 cm³/mol. The molecule has 4 atom stereocenters. The van der Waals surface area contributed by atoms with Crippen molar-refractivity contribution in [1.29, 1.82) is 0 Å². The highest BCUT2D eigenvalue weighted by Crippen LogP contribution is 2.32. The Hall–Kier alpha value is -2.33. The molecule has 0 radical (unpaired) electrons. The van der Waals surface area contributed by atoms with Crippen molar-refractivity contribution < 1.29 is 19.4 Å². The number of urea groups is 1. The fraction of sp³-hybridized carbons (Fsp3) is 0.353. The number of aliphatic hydroxyl groups is 1. The number of benzene rings is 1. The fourth-order valence-corrected chi connectivity index (χ4v) is 2.98. The Kier molecular flexibility index (Phi) is 3.54. The molecule has 0 aromatic heterocycles. The third kappa shape index (κ3) is 2.59. The van der Waals surface area contributed by atoms with Crippen LogP contribution >= 0.6 is 0 Å². The first kappa shape index (κ1) is 14.3. The van der Waals surface area contributed by atoms with Gasteiger partial charge in [-0.05, 0) is 12.1 Å². The largest absolute Gasteiger partial charge is 0.390 e. The van der Waals surface area contributed by atoms with Gasteiger partial charge in [-0.3, -0.25) is 4.90 Å². The summed E-state index contributed by atoms with van der Waals surface area (Å²) in [5, 5.41) is 12.6. The van der Waals surface area contributed by atoms with Crippen LogP contribution in [-0.2, 0) is 9.47 Å². The van der Waals surface area contributed by atoms with Gasteiger partial charge < -0.3 is 19.9 Å². The van der Waals surface area contributed by atoms with Crippen molar-refractivity contribution in [2.75, 3.05) is 6.61 Å². The highest BCUT2D eigenvalue weighted by Gasteiger charge is 2.47. The molecule has 3 heterocycles. The number of hydrogen-bond acceptors (Lipinski definition) is 4. The molecule has 4 rings (SSSR count). The normalized spacial score (nSPS) is 32.1. The Morgan fingerprint density at radius 3 is 2.91 bits per heavy atom. The lowest BCUT2D eigenvalue weighted by atomic mass is 10.1. The molecule has 0 unspecified atom stereocenters. The Morgan fingerprint density at radius 1 is 1.26 bits per heavy atom. The number of amides is 2. The molecule has 23 heavy (non-hydrogen) atoms. The average Bonchev–Trinajstić information content (AvgIpc) is 2.80. The first-order valence-corrected chi connectivity index (χ1v) is 7.53. The monoisotopic (exact) mass is 312 g/mol. The van der Waals surface area contributed by atoms with Crippen molar-refractivity contribution in [2.45, 2.75) is 31.1 Å². The van der Waals surface area contributed by atoms with E-state index in [2.05, 4.69) is 17.2 Å². The molecule has 2 saturated heterocycles. The number of aliphatic hydroxyl groups excluding tert-OH is 1. The number of ether oxygens (including phenoxy) is 2. The molecule has 0 aliphatic carbocycles. The minimum atomic E-state index is -0.612. The average molecular weight is 312 g/mol. The molecule has 0 saturated carbocycles. The molecule has 6 nitrogen and oxygen atoms in total. The molecular weight excluding hydrogens is 296 g/mol. The summed E-state index contributed by atoms with van der Waals surface area (Å²) in [5.41, 5.74) is 1.55. The quantitative estimate of drug-likeness (QED) is 0.695. The van der Waals surface area contributed by atoms with Crippen LogP contribution < -0.4 is 5.32 Å². The van der Waals surface area contributed by atoms with E-state index in [0.29, 0.717) is 12.0 Å². The molecule has 2 N–H and O–H groups in total. The van der Waals surface area contributed by atoms with Crippen molar-refractivity contribution >= 4 is 6.03 Å². The third-order valence-corrected chi connectivity index (χ3v) is 4.16. The van der Waals surface area contributed by atoms with E-state index in [1.807, 2.05) is 30.3 Å². The number of rotatable bonds is 0. The lowest BCUT2D eigenvalue weighted by Crippen LogP contribution is -2.54. The van der Waals surface area contributed by atoms with Crippen molar-refractivity contribution in [1.82, 2.24) is 10.2 Å². The van der Waals surface area contributed by atoms with Crippen LogP contribution in [0, 0.1) is 11.8 Å². The summed E-state index contributed by atoms with van der Waals surface area (Å²) in [5.74, 6) is 6.14. The lowest BCUT2D eigenvalue weighted by molar-refractivity contribution is -0.0472. The van der Waals surface area contributed by atoms with Gasteiger partial charge in [0, 0.05) is 18.2 Å². The number of fused-ring (bicyclic) bond motifs is 4. The zero-order valence-electron chi connectivity index (χ0n) is 12.3. The number of hydrogen-bond donors (Lipinski definition) is 2. The van der Waals surface area contributed by atoms with E-state index in [0.717, 1.165) is 5.56 Å². The standard InChI is InChI=1S/C17H16N2O4/c20-13-8-15-19-16(22-10-14(13)23-15)12(9-18-17(19)21)7-6-11-4-2-1-3-5-11/h1-5,9,13-16,20H,8,10H2,(H,18,21)/t13-,14-,15+,16-/m1/s1. The minimum Gasteiger partial charge on any atom is -0.390 e. The second-order valence-corrected chi connectivity index (χ2v) is 5.69. The molecule has 0 spiro atoms. The molecule has 1 aromatic rings. The van der Waals surface area contributed by atoms with E-state index < -0.39 is 24.7 Å². The summed E-state index contributed by atoms with van der Waals surface area (Å²) in [6, 6.07) is 9.30. The second kappa shape index (κ2) is 5.70. The summed E-state index contributed by atoms with van der Waals surface area (Å²) in [6.07, 6.45) is -0.126. The molecule has 3 aliphatic rings. The van der Waals surface area contributed by atoms with Crippen molar-refractivity contribution in [2.24, 2.45) is 0 Å². The summed E-state index contributed by atoms with van der Waals surface area (Å²) in [6.45, 7) is 0.233. The topological polar surface area (TPSA) is 71.0 Å². The summed E-state index contributed by atoms with van der Waals surface area (Å²) in [4.78, 5) is 13.7. The van der Waals surface area contributed by atoms with Crippen LogP contribution in [0.1, 0.15) is 12.0 Å². The van der Waals surface area contributed by atoms with Gasteiger partial charge in [0.05, 0.1) is 18.3 Å². The Labute approximate surface area is 133 Å². The van der Waals surface area contributed by atoms with Crippen molar-refractivity contribution in [3.05, 3.63) is 47.7 Å². The summed E-state index contributed by atoms with van der Waals surface area (Å²) >= 11 is 0. The Bertz CT molecular complexity index is 706. The van der Waals surface area contributed by atoms with Crippen LogP contribution in [0.3, 0.4) is 0 Å². The minimum absolute atomic E-state index is 0.233. The van der Waals surface area contributed by atoms with Gasteiger partial charge in [-0.15, -0.1) is 0 Å². The van der Waals surface area contributed by atoms with Gasteiger partial charge in [-0.1, -0.05) is 30.0 Å². The second-order valence-electron chi connectivity index (χ2n) is 5.69. The summed E-state index contributed by atoms with van der Waals surface area (Å²) < 4.78 is 11.5. The number of nitrogens with one attached hydrogen (secondary N) is 1. The first-order chi connectivity index (χ1) is 11.2. The number of nitrogens with zero attached hydrogens (tertiary/aromatic N) is 1. The highest BCUT2D eigenvalue weighted by atomic mass is 16.6. The third-order valence-electron chi connectivity index (χ3n) is 4.16. The number of carbonyl (C=O) groups is 1. The molecule has 2 amide bonds. The van der Waals surface area contributed by atoms with E-state index >= 15 is 0 Å². The van der Waals surface area contributed by atoms with Gasteiger partial charge in [0.2, 0.25) is 0 Å². The van der Waals surface area contributed by atoms with Crippen molar-refractivity contribution in [3.8, 4) is 11.8 Å². The Morgan fingerprint density at radius 2 is 2.09 bits per heavy atom. The Balaban J connectivity index is 1.63. The molecule has 1 aromatic carbocycles. The maximum atomic E-state index is 12.2. The van der Waals surface area contributed by atoms with Crippen LogP contribution in [0.15, 0.2) is 42.1 Å². The highest BCUT2D eigenvalue weighted by molar-refractivity contribution is 5.78. The van der Waals surface area contributed by atoms with Gasteiger partial charge in [0.15, 0.2) is 6.23 Å². The van der Waals surface area contributed by atoms with Crippen molar-refractivity contribution in [3.63, 3.8) is 0 Å². The fourth-order valence-electron chi connectivity index (χ4n) is 2.98. The zero-order valence-corrected chi connectivity index (χ0v) is 12.3. The molecule has 3 aliphatic heterocycles. The van der Waals surface area contributed by atoms with E-state index in [4.69, 9.17) is 9.47 Å². The molecule has 2 bridgehead atoms. The molecule has 2 fully saturated rings. The van der Waals surface area contributed by atoms with Gasteiger partial charge in [0.1, 0.15) is 12.3 Å². The van der Waals surface area contributed by atoms with Crippen LogP contribution in [0.4, 0.5) is 4.79 Å². The number of carbonyl (C=O) groups excluding carboxylic acids is 1. The van der Waals surface area contributed by atoms with Crippen LogP contribution in [0.5, 0.6) is 0 Å². The maximum Gasteiger partial charge on any atom is 0.325 e.